The number of nitrogens with zero attached hydrogens (tertiary/aromatic N) is 3. The van der Waals surface area contributed by atoms with Crippen LogP contribution in [0.15, 0.2) is 17.4 Å². The average Bonchev–Trinajstić information content (AvgIpc) is 2.20. The second kappa shape index (κ2) is 4.63. The van der Waals surface area contributed by atoms with E-state index in [1.54, 1.807) is 6.21 Å². The van der Waals surface area contributed by atoms with E-state index < -0.39 is 0 Å². The molecule has 6 heteroatoms. The molecule has 0 bridgehead atoms. The molecule has 2 aliphatic rings. The van der Waals surface area contributed by atoms with Crippen molar-refractivity contribution in [2.75, 3.05) is 33.4 Å². The Balaban J connectivity index is 0.000000980. The minimum Gasteiger partial charge on any atom is -1.00 e. The number of hydrazine groups is 1. The van der Waals surface area contributed by atoms with Crippen molar-refractivity contribution < 1.29 is 21.7 Å². The zero-order valence-electron chi connectivity index (χ0n) is 8.19. The molecule has 14 heavy (non-hydrogen) atoms. The van der Waals surface area contributed by atoms with Gasteiger partial charge in [-0.1, -0.05) is 0 Å². The normalized spacial score (nSPS) is 23.9. The molecule has 0 aromatic carbocycles. The summed E-state index contributed by atoms with van der Waals surface area (Å²) in [6, 6.07) is 0. The summed E-state index contributed by atoms with van der Waals surface area (Å²) in [5.74, 6) is 0. The molecule has 0 atom stereocenters. The zero-order chi connectivity index (χ0) is 9.15. The van der Waals surface area contributed by atoms with E-state index in [0.29, 0.717) is 0 Å². The molecule has 2 heterocycles. The third kappa shape index (κ3) is 2.17. The maximum absolute atomic E-state index is 5.32. The Labute approximate surface area is 89.9 Å². The molecule has 0 aromatic rings. The van der Waals surface area contributed by atoms with Crippen LogP contribution in [0.25, 0.3) is 0 Å². The van der Waals surface area contributed by atoms with Crippen LogP contribution in [0.2, 0.25) is 0 Å². The van der Waals surface area contributed by atoms with Gasteiger partial charge >= 0.3 is 0 Å². The van der Waals surface area contributed by atoms with E-state index in [0.717, 1.165) is 30.9 Å². The lowest BCUT2D eigenvalue weighted by atomic mass is 10.4. The first-order chi connectivity index (χ1) is 6.31. The highest BCUT2D eigenvalue weighted by molar-refractivity contribution is 5.70. The summed E-state index contributed by atoms with van der Waals surface area (Å²) >= 11 is 0. The highest BCUT2D eigenvalue weighted by Gasteiger charge is 2.32. The standard InChI is InChI=1S/C8H15N4O.ClH/c1-12(5-7-13-8-6-12)11-9-3-2-4-10-11;/h2-4,9H,5-8H2,1H3;1H/q+1;/p-1. The number of quaternary nitrogens is 1. The Bertz CT molecular complexity index is 237. The summed E-state index contributed by atoms with van der Waals surface area (Å²) in [6.07, 6.45) is 5.55. The highest BCUT2D eigenvalue weighted by Crippen LogP contribution is 2.12. The van der Waals surface area contributed by atoms with Crippen LogP contribution in [0.4, 0.5) is 0 Å². The van der Waals surface area contributed by atoms with Crippen molar-refractivity contribution in [1.29, 1.82) is 0 Å². The van der Waals surface area contributed by atoms with Crippen LogP contribution in [-0.2, 0) is 4.74 Å². The fourth-order valence-corrected chi connectivity index (χ4v) is 1.48. The van der Waals surface area contributed by atoms with Crippen molar-refractivity contribution in [1.82, 2.24) is 10.7 Å². The quantitative estimate of drug-likeness (QED) is 0.469. The Hall–Kier alpha value is -0.780. The topological polar surface area (TPSA) is 36.9 Å². The number of hydrogen-bond acceptors (Lipinski definition) is 4. The predicted octanol–water partition coefficient (Wildman–Crippen LogP) is -3.30. The molecule has 0 saturated carbocycles. The van der Waals surface area contributed by atoms with Gasteiger partial charge in [-0.3, -0.25) is 0 Å². The number of halogens is 1. The van der Waals surface area contributed by atoms with Gasteiger partial charge < -0.3 is 17.1 Å². The van der Waals surface area contributed by atoms with Gasteiger partial charge in [0, 0.05) is 6.20 Å². The van der Waals surface area contributed by atoms with Gasteiger partial charge in [-0.15, -0.1) is 5.10 Å². The van der Waals surface area contributed by atoms with Crippen LogP contribution in [0, 0.1) is 0 Å². The molecule has 2 aliphatic heterocycles. The molecule has 0 unspecified atom stereocenters. The van der Waals surface area contributed by atoms with E-state index in [9.17, 15) is 0 Å². The van der Waals surface area contributed by atoms with Crippen molar-refractivity contribution >= 4 is 6.21 Å². The lowest BCUT2D eigenvalue weighted by Gasteiger charge is -2.42. The molecule has 0 spiro atoms. The van der Waals surface area contributed by atoms with Crippen molar-refractivity contribution in [2.45, 2.75) is 0 Å². The largest absolute Gasteiger partial charge is 1.00 e. The molecule has 1 N–H and O–H groups in total. The molecule has 0 aromatic heterocycles. The van der Waals surface area contributed by atoms with Crippen molar-refractivity contribution in [3.05, 3.63) is 12.3 Å². The first-order valence-electron chi connectivity index (χ1n) is 4.49. The molecule has 5 nitrogen and oxygen atoms in total. The van der Waals surface area contributed by atoms with Gasteiger partial charge in [-0.05, 0) is 11.3 Å². The fraction of sp³-hybridized carbons (Fsp3) is 0.625. The second-order valence-electron chi connectivity index (χ2n) is 3.44. The minimum atomic E-state index is 0. The maximum Gasteiger partial charge on any atom is 0.128 e. The number of ether oxygens (including phenoxy) is 1. The van der Waals surface area contributed by atoms with Gasteiger partial charge in [0.1, 0.15) is 13.1 Å². The van der Waals surface area contributed by atoms with E-state index in [4.69, 9.17) is 4.74 Å². The SMILES string of the molecule is C[N+]1(N2N=CC=CN2)CCOCC1.[Cl-]. The van der Waals surface area contributed by atoms with Crippen LogP contribution < -0.4 is 17.8 Å². The number of allylic oxidation sites excluding steroid dienone is 1. The van der Waals surface area contributed by atoms with Crippen molar-refractivity contribution in [2.24, 2.45) is 5.10 Å². The number of hydrazone groups is 1. The number of likely N-dealkylation sites (N-methyl/N-ethyl adjacent to an activating group) is 1. The summed E-state index contributed by atoms with van der Waals surface area (Å²) < 4.78 is 6.08. The Morgan fingerprint density at radius 3 is 2.71 bits per heavy atom. The molecule has 0 amide bonds. The van der Waals surface area contributed by atoms with Gasteiger partial charge in [0.15, 0.2) is 0 Å². The van der Waals surface area contributed by atoms with E-state index >= 15 is 0 Å². The average molecular weight is 219 g/mol. The zero-order valence-corrected chi connectivity index (χ0v) is 8.94. The molecular weight excluding hydrogens is 204 g/mol. The number of rotatable bonds is 1. The van der Waals surface area contributed by atoms with Gasteiger partial charge in [-0.25, -0.2) is 5.43 Å². The van der Waals surface area contributed by atoms with Gasteiger partial charge in [-0.2, -0.15) is 4.59 Å². The van der Waals surface area contributed by atoms with E-state index in [-0.39, 0.29) is 12.4 Å². The van der Waals surface area contributed by atoms with E-state index in [1.807, 2.05) is 17.5 Å². The summed E-state index contributed by atoms with van der Waals surface area (Å²) in [4.78, 5) is 0. The molecule has 2 rings (SSSR count). The molecule has 1 fully saturated rings. The van der Waals surface area contributed by atoms with Crippen LogP contribution in [0.3, 0.4) is 0 Å². The molecule has 80 valence electrons. The van der Waals surface area contributed by atoms with Gasteiger partial charge in [0.25, 0.3) is 0 Å². The summed E-state index contributed by atoms with van der Waals surface area (Å²) in [5.41, 5.74) is 3.10. The van der Waals surface area contributed by atoms with Gasteiger partial charge in [0.2, 0.25) is 0 Å². The van der Waals surface area contributed by atoms with Crippen LogP contribution >= 0.6 is 0 Å². The lowest BCUT2D eigenvalue weighted by Crippen LogP contribution is -3.00. The molecule has 1 saturated heterocycles. The van der Waals surface area contributed by atoms with Crippen LogP contribution in [0.1, 0.15) is 0 Å². The summed E-state index contributed by atoms with van der Waals surface area (Å²) in [5, 5.41) is 6.12. The molecular formula is C8H15ClN4O. The first-order valence-corrected chi connectivity index (χ1v) is 4.49. The fourth-order valence-electron chi connectivity index (χ4n) is 1.48. The van der Waals surface area contributed by atoms with Crippen LogP contribution in [0.5, 0.6) is 0 Å². The highest BCUT2D eigenvalue weighted by atomic mass is 35.5. The Kier molecular flexibility index (Phi) is 3.74. The third-order valence-electron chi connectivity index (χ3n) is 2.44. The van der Waals surface area contributed by atoms with Crippen molar-refractivity contribution in [3.8, 4) is 0 Å². The Morgan fingerprint density at radius 2 is 2.14 bits per heavy atom. The van der Waals surface area contributed by atoms with Gasteiger partial charge in [0.05, 0.1) is 26.5 Å². The summed E-state index contributed by atoms with van der Waals surface area (Å²) in [7, 11) is 2.14. The van der Waals surface area contributed by atoms with Crippen LogP contribution in [-0.4, -0.2) is 49.4 Å². The molecule has 0 aliphatic carbocycles. The monoisotopic (exact) mass is 218 g/mol. The predicted molar refractivity (Wildman–Crippen MR) is 49.3 cm³/mol. The number of hydrogen-bond donors (Lipinski definition) is 1. The second-order valence-corrected chi connectivity index (χ2v) is 3.44. The minimum absolute atomic E-state index is 0. The maximum atomic E-state index is 5.32. The number of morpholine rings is 1. The third-order valence-corrected chi connectivity index (χ3v) is 2.44. The Morgan fingerprint density at radius 1 is 1.43 bits per heavy atom. The first kappa shape index (κ1) is 11.3. The number of nitrogens with one attached hydrogen (secondary N) is 1. The lowest BCUT2D eigenvalue weighted by molar-refractivity contribution is -1.03. The summed E-state index contributed by atoms with van der Waals surface area (Å²) in [6.45, 7) is 3.51. The van der Waals surface area contributed by atoms with E-state index in [2.05, 4.69) is 17.6 Å². The van der Waals surface area contributed by atoms with E-state index in [1.165, 1.54) is 0 Å². The smallest absolute Gasteiger partial charge is 0.128 e. The molecule has 0 radical (unpaired) electrons. The van der Waals surface area contributed by atoms with Crippen molar-refractivity contribution in [3.63, 3.8) is 0 Å².